The van der Waals surface area contributed by atoms with Crippen molar-refractivity contribution in [2.75, 3.05) is 6.54 Å². The highest BCUT2D eigenvalue weighted by molar-refractivity contribution is 6.39. The van der Waals surface area contributed by atoms with E-state index in [4.69, 9.17) is 23.2 Å². The zero-order valence-corrected chi connectivity index (χ0v) is 24.6. The molecule has 13 heteroatoms. The summed E-state index contributed by atoms with van der Waals surface area (Å²) in [6.45, 7) is 5.23. The van der Waals surface area contributed by atoms with Crippen molar-refractivity contribution in [3.05, 3.63) is 45.5 Å². The number of aromatic nitrogens is 3. The highest BCUT2D eigenvalue weighted by atomic mass is 35.5. The predicted octanol–water partition coefficient (Wildman–Crippen LogP) is 7.10. The maximum Gasteiger partial charge on any atom is 0.433 e. The molecular weight excluding hydrogens is 584 g/mol. The number of halogens is 5. The number of alkyl halides is 3. The second-order valence-corrected chi connectivity index (χ2v) is 13.0. The van der Waals surface area contributed by atoms with Crippen molar-refractivity contribution >= 4 is 40.9 Å². The van der Waals surface area contributed by atoms with E-state index in [9.17, 15) is 32.7 Å². The van der Waals surface area contributed by atoms with E-state index in [2.05, 4.69) is 23.9 Å². The van der Waals surface area contributed by atoms with Gasteiger partial charge in [0, 0.05) is 18.4 Å². The molecule has 0 atom stereocenters. The van der Waals surface area contributed by atoms with Gasteiger partial charge in [0.1, 0.15) is 0 Å². The van der Waals surface area contributed by atoms with Gasteiger partial charge < -0.3 is 10.0 Å². The van der Waals surface area contributed by atoms with Crippen LogP contribution in [0, 0.1) is 10.8 Å². The Bertz CT molecular complexity index is 1310. The third kappa shape index (κ3) is 6.56. The number of aliphatic carboxylic acids is 1. The molecule has 2 aliphatic carbocycles. The van der Waals surface area contributed by atoms with Gasteiger partial charge >= 0.3 is 12.1 Å². The van der Waals surface area contributed by atoms with Crippen LogP contribution in [0.4, 0.5) is 13.2 Å². The molecule has 2 fully saturated rings. The normalized spacial score (nSPS) is 23.3. The summed E-state index contributed by atoms with van der Waals surface area (Å²) in [6.07, 6.45) is 1.63. The van der Waals surface area contributed by atoms with E-state index in [1.807, 2.05) is 0 Å². The number of Topliss-reactive ketones (excluding diaryl/α,β-unsaturated/α-hetero) is 1. The van der Waals surface area contributed by atoms with Gasteiger partial charge in [-0.05, 0) is 63.7 Å². The molecule has 0 saturated heterocycles. The van der Waals surface area contributed by atoms with E-state index in [1.54, 1.807) is 6.92 Å². The second-order valence-electron chi connectivity index (χ2n) is 12.2. The molecule has 2 heterocycles. The van der Waals surface area contributed by atoms with Crippen molar-refractivity contribution < 1.29 is 32.7 Å². The lowest BCUT2D eigenvalue weighted by molar-refractivity contribution is -0.152. The van der Waals surface area contributed by atoms with Crippen LogP contribution in [0.15, 0.2) is 18.6 Å². The minimum absolute atomic E-state index is 0.000386. The van der Waals surface area contributed by atoms with E-state index >= 15 is 0 Å². The summed E-state index contributed by atoms with van der Waals surface area (Å²) in [5, 5.41) is 13.5. The van der Waals surface area contributed by atoms with Crippen molar-refractivity contribution in [3.63, 3.8) is 0 Å². The molecule has 1 amide bonds. The highest BCUT2D eigenvalue weighted by Gasteiger charge is 2.46. The number of nitrogens with zero attached hydrogens (tertiary/aromatic N) is 4. The second kappa shape index (κ2) is 11.6. The van der Waals surface area contributed by atoms with Crippen LogP contribution in [-0.4, -0.2) is 55.0 Å². The maximum atomic E-state index is 14.5. The molecular formula is C28H33Cl2F3N4O4. The Morgan fingerprint density at radius 2 is 1.56 bits per heavy atom. The van der Waals surface area contributed by atoms with Crippen LogP contribution in [0.2, 0.25) is 10.0 Å². The summed E-state index contributed by atoms with van der Waals surface area (Å²) in [5.74, 6) is -2.55. The Morgan fingerprint density at radius 3 is 2.07 bits per heavy atom. The van der Waals surface area contributed by atoms with Gasteiger partial charge in [0.2, 0.25) is 0 Å². The third-order valence-corrected chi connectivity index (χ3v) is 9.24. The van der Waals surface area contributed by atoms with Crippen molar-refractivity contribution in [3.8, 4) is 0 Å². The Kier molecular flexibility index (Phi) is 8.81. The highest BCUT2D eigenvalue weighted by Crippen LogP contribution is 2.44. The molecule has 0 bridgehead atoms. The first-order valence-corrected chi connectivity index (χ1v) is 14.3. The molecule has 0 aromatic carbocycles. The Balaban J connectivity index is 1.70. The number of carbonyl (C=O) groups excluding carboxylic acids is 2. The lowest BCUT2D eigenvalue weighted by atomic mass is 9.74. The van der Waals surface area contributed by atoms with Crippen molar-refractivity contribution in [2.24, 2.45) is 10.8 Å². The van der Waals surface area contributed by atoms with Gasteiger partial charge in [-0.15, -0.1) is 0 Å². The minimum Gasteiger partial charge on any atom is -0.481 e. The SMILES string of the molecule is CC1(C)CCC(N(CC(=O)c2c(Cl)cncc2Cl)C(=O)c2cnn(C3CCC(C)(C(=O)O)CC3)c2C(F)(F)F)CC1. The molecule has 1 N–H and O–H groups in total. The van der Waals surface area contributed by atoms with E-state index in [-0.39, 0.29) is 46.7 Å². The first-order valence-electron chi connectivity index (χ1n) is 13.6. The molecule has 41 heavy (non-hydrogen) atoms. The molecule has 2 aliphatic rings. The van der Waals surface area contributed by atoms with Crippen LogP contribution in [0.5, 0.6) is 0 Å². The van der Waals surface area contributed by atoms with Gasteiger partial charge in [0.05, 0.1) is 45.4 Å². The van der Waals surface area contributed by atoms with Gasteiger partial charge in [0.25, 0.3) is 5.91 Å². The van der Waals surface area contributed by atoms with Crippen molar-refractivity contribution in [1.82, 2.24) is 19.7 Å². The Morgan fingerprint density at radius 1 is 1.00 bits per heavy atom. The number of hydrogen-bond acceptors (Lipinski definition) is 5. The minimum atomic E-state index is -4.92. The van der Waals surface area contributed by atoms with Crippen LogP contribution in [0.25, 0.3) is 0 Å². The zero-order valence-electron chi connectivity index (χ0n) is 23.1. The van der Waals surface area contributed by atoms with Crippen LogP contribution in [0.3, 0.4) is 0 Å². The number of carbonyl (C=O) groups is 3. The summed E-state index contributed by atoms with van der Waals surface area (Å²) in [6, 6.07) is -1.20. The molecule has 224 valence electrons. The fourth-order valence-corrected chi connectivity index (χ4v) is 6.48. The topological polar surface area (TPSA) is 105 Å². The van der Waals surface area contributed by atoms with Gasteiger partial charge in [-0.25, -0.2) is 0 Å². The summed E-state index contributed by atoms with van der Waals surface area (Å²) in [4.78, 5) is 44.0. The van der Waals surface area contributed by atoms with E-state index in [0.717, 1.165) is 23.7 Å². The first kappa shape index (κ1) is 31.3. The van der Waals surface area contributed by atoms with Crippen LogP contribution in [-0.2, 0) is 11.0 Å². The van der Waals surface area contributed by atoms with Crippen molar-refractivity contribution in [1.29, 1.82) is 0 Å². The average molecular weight is 617 g/mol. The van der Waals surface area contributed by atoms with Crippen molar-refractivity contribution in [2.45, 2.75) is 90.4 Å². The molecule has 8 nitrogen and oxygen atoms in total. The summed E-state index contributed by atoms with van der Waals surface area (Å²) in [5.41, 5.74) is -2.91. The third-order valence-electron chi connectivity index (χ3n) is 8.67. The number of amides is 1. The number of carboxylic acids is 1. The van der Waals surface area contributed by atoms with E-state index in [1.165, 1.54) is 17.3 Å². The summed E-state index contributed by atoms with van der Waals surface area (Å²) >= 11 is 12.3. The largest absolute Gasteiger partial charge is 0.481 e. The van der Waals surface area contributed by atoms with Gasteiger partial charge in [-0.2, -0.15) is 18.3 Å². The summed E-state index contributed by atoms with van der Waals surface area (Å²) < 4.78 is 44.4. The zero-order chi connectivity index (χ0) is 30.3. The lowest BCUT2D eigenvalue weighted by Crippen LogP contribution is -2.46. The van der Waals surface area contributed by atoms with E-state index in [0.29, 0.717) is 12.8 Å². The fraction of sp³-hybridized carbons (Fsp3) is 0.607. The van der Waals surface area contributed by atoms with Gasteiger partial charge in [-0.1, -0.05) is 37.0 Å². The molecule has 0 aliphatic heterocycles. The molecule has 0 spiro atoms. The molecule has 0 radical (unpaired) electrons. The average Bonchev–Trinajstić information content (AvgIpc) is 3.33. The van der Waals surface area contributed by atoms with Crippen LogP contribution in [0.1, 0.15) is 105 Å². The first-order chi connectivity index (χ1) is 19.0. The number of hydrogen-bond donors (Lipinski definition) is 1. The standard InChI is InChI=1S/C28H33Cl2F3N4O4/c1-26(2)8-4-16(5-9-26)36(15-21(38)22-19(29)13-34-14-20(22)30)24(39)18-12-35-37(23(18)28(31,32)33)17-6-10-27(3,11-7-17)25(40)41/h12-14,16-17H,4-11,15H2,1-3H3,(H,40,41). The van der Waals surface area contributed by atoms with Gasteiger partial charge in [0.15, 0.2) is 11.5 Å². The molecule has 0 unspecified atom stereocenters. The summed E-state index contributed by atoms with van der Waals surface area (Å²) in [7, 11) is 0. The number of ketones is 1. The van der Waals surface area contributed by atoms with Gasteiger partial charge in [-0.3, -0.25) is 24.0 Å². The number of carboxylic acid groups (broad SMARTS) is 1. The Labute approximate surface area is 246 Å². The lowest BCUT2D eigenvalue weighted by Gasteiger charge is -2.40. The molecule has 4 rings (SSSR count). The molecule has 2 aromatic heterocycles. The number of pyridine rings is 1. The maximum absolute atomic E-state index is 14.5. The smallest absolute Gasteiger partial charge is 0.433 e. The number of rotatable bonds is 7. The molecule has 2 saturated carbocycles. The monoisotopic (exact) mass is 616 g/mol. The Hall–Kier alpha value is -2.66. The van der Waals surface area contributed by atoms with Crippen LogP contribution < -0.4 is 0 Å². The van der Waals surface area contributed by atoms with E-state index < -0.39 is 59.1 Å². The fourth-order valence-electron chi connectivity index (χ4n) is 5.90. The quantitative estimate of drug-likeness (QED) is 0.332. The predicted molar refractivity (Wildman–Crippen MR) is 146 cm³/mol. The molecule has 2 aromatic rings. The van der Waals surface area contributed by atoms with Crippen LogP contribution >= 0.6 is 23.2 Å².